The van der Waals surface area contributed by atoms with E-state index in [1.807, 2.05) is 50.2 Å². The summed E-state index contributed by atoms with van der Waals surface area (Å²) in [5, 5.41) is 5.94. The van der Waals surface area contributed by atoms with Gasteiger partial charge in [-0.1, -0.05) is 26.0 Å². The van der Waals surface area contributed by atoms with Crippen LogP contribution in [0.25, 0.3) is 0 Å². The van der Waals surface area contributed by atoms with Crippen molar-refractivity contribution in [1.29, 1.82) is 0 Å². The molecule has 0 saturated carbocycles. The lowest BCUT2D eigenvalue weighted by Crippen LogP contribution is -2.48. The Morgan fingerprint density at radius 3 is 1.81 bits per heavy atom. The van der Waals surface area contributed by atoms with Crippen molar-refractivity contribution >= 4 is 11.7 Å². The van der Waals surface area contributed by atoms with E-state index in [4.69, 9.17) is 9.47 Å². The molecule has 0 saturated heterocycles. The molecule has 0 atom stereocenters. The molecule has 0 unspecified atom stereocenters. The number of carbonyl (C=O) groups is 1. The molecule has 0 fully saturated rings. The Morgan fingerprint density at radius 1 is 0.852 bits per heavy atom. The number of amides is 2. The fraction of sp³-hybridized carbons (Fsp3) is 0.409. The van der Waals surface area contributed by atoms with Gasteiger partial charge in [0.25, 0.3) is 0 Å². The fourth-order valence-electron chi connectivity index (χ4n) is 3.44. The zero-order valence-electron chi connectivity index (χ0n) is 17.1. The van der Waals surface area contributed by atoms with Crippen molar-refractivity contribution in [2.75, 3.05) is 19.5 Å². The van der Waals surface area contributed by atoms with Gasteiger partial charge in [0.2, 0.25) is 0 Å². The van der Waals surface area contributed by atoms with Crippen LogP contribution in [-0.4, -0.2) is 25.8 Å². The number of hydrogen-bond donors (Lipinski definition) is 2. The van der Waals surface area contributed by atoms with Crippen molar-refractivity contribution in [3.8, 4) is 11.5 Å². The average molecular weight is 370 g/mol. The van der Waals surface area contributed by atoms with Gasteiger partial charge in [-0.2, -0.15) is 0 Å². The van der Waals surface area contributed by atoms with Crippen molar-refractivity contribution in [2.45, 2.75) is 45.1 Å². The molecule has 0 aromatic heterocycles. The minimum absolute atomic E-state index is 0.108. The van der Waals surface area contributed by atoms with Crippen LogP contribution in [0.5, 0.6) is 11.5 Å². The maximum atomic E-state index is 12.4. The summed E-state index contributed by atoms with van der Waals surface area (Å²) in [4.78, 5) is 12.4. The molecule has 0 aliphatic rings. The quantitative estimate of drug-likeness (QED) is 0.723. The summed E-state index contributed by atoms with van der Waals surface area (Å²) in [5.74, 6) is 1.59. The topological polar surface area (TPSA) is 59.6 Å². The molecule has 2 rings (SSSR count). The summed E-state index contributed by atoms with van der Waals surface area (Å²) in [6, 6.07) is 15.1. The molecule has 0 spiro atoms. The van der Waals surface area contributed by atoms with Crippen LogP contribution >= 0.6 is 0 Å². The number of benzene rings is 2. The number of methoxy groups -OCH3 is 2. The van der Waals surface area contributed by atoms with E-state index >= 15 is 0 Å². The normalized spacial score (nSPS) is 11.6. The van der Waals surface area contributed by atoms with Crippen molar-refractivity contribution in [3.63, 3.8) is 0 Å². The summed E-state index contributed by atoms with van der Waals surface area (Å²) in [6.07, 6.45) is 0.780. The lowest BCUT2D eigenvalue weighted by atomic mass is 9.75. The Morgan fingerprint density at radius 2 is 1.33 bits per heavy atom. The second kappa shape index (κ2) is 8.33. The SMILES string of the molecule is COc1ccc(NC(=O)NC(C)(C)CC(C)(C)c2ccc(OC)cc2)cc1. The molecule has 0 aliphatic carbocycles. The van der Waals surface area contributed by atoms with Gasteiger partial charge in [0.1, 0.15) is 11.5 Å². The Balaban J connectivity index is 1.99. The van der Waals surface area contributed by atoms with E-state index < -0.39 is 0 Å². The minimum atomic E-state index is -0.389. The molecule has 5 nitrogen and oxygen atoms in total. The number of ether oxygens (including phenoxy) is 2. The van der Waals surface area contributed by atoms with Crippen LogP contribution < -0.4 is 20.1 Å². The summed E-state index contributed by atoms with van der Waals surface area (Å²) in [7, 11) is 3.27. The third kappa shape index (κ3) is 5.91. The predicted molar refractivity (Wildman–Crippen MR) is 110 cm³/mol. The van der Waals surface area contributed by atoms with Crippen molar-refractivity contribution in [1.82, 2.24) is 5.32 Å². The fourth-order valence-corrected chi connectivity index (χ4v) is 3.44. The van der Waals surface area contributed by atoms with Crippen LogP contribution in [-0.2, 0) is 5.41 Å². The van der Waals surface area contributed by atoms with Gasteiger partial charge >= 0.3 is 6.03 Å². The Labute approximate surface area is 162 Å². The Bertz CT molecular complexity index is 750. The first-order chi connectivity index (χ1) is 12.6. The molecular formula is C22H30N2O3. The minimum Gasteiger partial charge on any atom is -0.497 e. The lowest BCUT2D eigenvalue weighted by Gasteiger charge is -2.36. The summed E-state index contributed by atoms with van der Waals surface area (Å²) in [5.41, 5.74) is 1.43. The molecule has 27 heavy (non-hydrogen) atoms. The molecular weight excluding hydrogens is 340 g/mol. The number of anilines is 1. The second-order valence-electron chi connectivity index (χ2n) is 7.98. The summed E-state index contributed by atoms with van der Waals surface area (Å²) >= 11 is 0. The van der Waals surface area contributed by atoms with Gasteiger partial charge in [-0.15, -0.1) is 0 Å². The van der Waals surface area contributed by atoms with Gasteiger partial charge < -0.3 is 20.1 Å². The third-order valence-electron chi connectivity index (χ3n) is 4.56. The standard InChI is InChI=1S/C22H30N2O3/c1-21(2,16-7-11-18(26-5)12-8-16)15-22(3,4)24-20(25)23-17-9-13-19(27-6)14-10-17/h7-14H,15H2,1-6H3,(H2,23,24,25). The van der Waals surface area contributed by atoms with Crippen LogP contribution in [0.1, 0.15) is 39.7 Å². The first kappa shape index (κ1) is 20.6. The molecule has 146 valence electrons. The van der Waals surface area contributed by atoms with E-state index in [0.717, 1.165) is 23.6 Å². The lowest BCUT2D eigenvalue weighted by molar-refractivity contribution is 0.232. The highest BCUT2D eigenvalue weighted by Gasteiger charge is 2.31. The molecule has 0 bridgehead atoms. The van der Waals surface area contributed by atoms with E-state index in [0.29, 0.717) is 0 Å². The molecule has 0 aliphatic heterocycles. The van der Waals surface area contributed by atoms with Gasteiger partial charge in [0.05, 0.1) is 14.2 Å². The van der Waals surface area contributed by atoms with Crippen LogP contribution in [0.4, 0.5) is 10.5 Å². The predicted octanol–water partition coefficient (Wildman–Crippen LogP) is 4.97. The molecule has 0 radical (unpaired) electrons. The average Bonchev–Trinajstić information content (AvgIpc) is 2.61. The largest absolute Gasteiger partial charge is 0.497 e. The third-order valence-corrected chi connectivity index (χ3v) is 4.56. The second-order valence-corrected chi connectivity index (χ2v) is 7.98. The van der Waals surface area contributed by atoms with Crippen LogP contribution in [0.15, 0.2) is 48.5 Å². The van der Waals surface area contributed by atoms with Gasteiger partial charge in [-0.25, -0.2) is 4.79 Å². The van der Waals surface area contributed by atoms with E-state index in [-0.39, 0.29) is 17.0 Å². The highest BCUT2D eigenvalue weighted by atomic mass is 16.5. The molecule has 0 heterocycles. The molecule has 2 aromatic rings. The Kier molecular flexibility index (Phi) is 6.37. The number of urea groups is 1. The van der Waals surface area contributed by atoms with Gasteiger partial charge in [-0.05, 0) is 67.6 Å². The zero-order chi connectivity index (χ0) is 20.1. The van der Waals surface area contributed by atoms with Crippen molar-refractivity contribution in [3.05, 3.63) is 54.1 Å². The summed E-state index contributed by atoms with van der Waals surface area (Å²) < 4.78 is 10.4. The molecule has 2 amide bonds. The number of rotatable bonds is 7. The monoisotopic (exact) mass is 370 g/mol. The molecule has 5 heteroatoms. The zero-order valence-corrected chi connectivity index (χ0v) is 17.1. The first-order valence-electron chi connectivity index (χ1n) is 9.03. The molecule has 2 N–H and O–H groups in total. The van der Waals surface area contributed by atoms with E-state index in [1.165, 1.54) is 5.56 Å². The highest BCUT2D eigenvalue weighted by molar-refractivity contribution is 5.89. The summed E-state index contributed by atoms with van der Waals surface area (Å²) in [6.45, 7) is 8.43. The van der Waals surface area contributed by atoms with E-state index in [9.17, 15) is 4.79 Å². The van der Waals surface area contributed by atoms with Crippen molar-refractivity contribution in [2.24, 2.45) is 0 Å². The van der Waals surface area contributed by atoms with Crippen LogP contribution in [0.3, 0.4) is 0 Å². The van der Waals surface area contributed by atoms with Crippen molar-refractivity contribution < 1.29 is 14.3 Å². The number of nitrogens with one attached hydrogen (secondary N) is 2. The number of carbonyl (C=O) groups excluding carboxylic acids is 1. The van der Waals surface area contributed by atoms with Gasteiger partial charge in [-0.3, -0.25) is 0 Å². The smallest absolute Gasteiger partial charge is 0.319 e. The number of hydrogen-bond acceptors (Lipinski definition) is 3. The van der Waals surface area contributed by atoms with Crippen LogP contribution in [0.2, 0.25) is 0 Å². The van der Waals surface area contributed by atoms with E-state index in [1.54, 1.807) is 14.2 Å². The maximum absolute atomic E-state index is 12.4. The van der Waals surface area contributed by atoms with Crippen LogP contribution in [0, 0.1) is 0 Å². The maximum Gasteiger partial charge on any atom is 0.319 e. The molecule has 2 aromatic carbocycles. The van der Waals surface area contributed by atoms with Gasteiger partial charge in [0.15, 0.2) is 0 Å². The Hall–Kier alpha value is -2.69. The van der Waals surface area contributed by atoms with Gasteiger partial charge in [0, 0.05) is 11.2 Å². The van der Waals surface area contributed by atoms with E-state index in [2.05, 4.69) is 36.6 Å². The first-order valence-corrected chi connectivity index (χ1v) is 9.03. The highest BCUT2D eigenvalue weighted by Crippen LogP contribution is 2.33.